The van der Waals surface area contributed by atoms with Gasteiger partial charge in [0.25, 0.3) is 5.91 Å². The number of ether oxygens (including phenoxy) is 1. The van der Waals surface area contributed by atoms with Gasteiger partial charge in [-0.15, -0.1) is 0 Å². The first-order valence-electron chi connectivity index (χ1n) is 8.74. The number of anilines is 1. The number of nitrogens with zero attached hydrogens (tertiary/aromatic N) is 2. The average molecular weight is 415 g/mol. The van der Waals surface area contributed by atoms with Crippen LogP contribution in [-0.2, 0) is 6.54 Å². The molecule has 0 fully saturated rings. The quantitative estimate of drug-likeness (QED) is 0.487. The van der Waals surface area contributed by atoms with Crippen molar-refractivity contribution in [3.05, 3.63) is 76.4 Å². The smallest absolute Gasteiger partial charge is 0.335 e. The van der Waals surface area contributed by atoms with Gasteiger partial charge in [0.2, 0.25) is 0 Å². The second kappa shape index (κ2) is 9.11. The van der Waals surface area contributed by atoms with Crippen LogP contribution in [0.2, 0.25) is 5.02 Å². The highest BCUT2D eigenvalue weighted by Gasteiger charge is 2.14. The Labute approximate surface area is 171 Å². The van der Waals surface area contributed by atoms with E-state index in [1.54, 1.807) is 42.6 Å². The molecule has 0 radical (unpaired) electrons. The third-order valence-electron chi connectivity index (χ3n) is 4.03. The normalized spacial score (nSPS) is 10.5. The van der Waals surface area contributed by atoms with E-state index in [0.717, 1.165) is 5.56 Å². The van der Waals surface area contributed by atoms with Gasteiger partial charge >= 0.3 is 5.97 Å². The number of carbonyl (C=O) groups excluding carboxylic acids is 1. The molecule has 29 heavy (non-hydrogen) atoms. The molecule has 0 aliphatic heterocycles. The minimum atomic E-state index is -0.988. The number of carbonyl (C=O) groups is 2. The monoisotopic (exact) mass is 414 g/mol. The zero-order chi connectivity index (χ0) is 20.8. The van der Waals surface area contributed by atoms with Gasteiger partial charge in [-0.1, -0.05) is 29.8 Å². The molecule has 1 aromatic heterocycles. The number of rotatable bonds is 8. The van der Waals surface area contributed by atoms with E-state index < -0.39 is 5.97 Å². The van der Waals surface area contributed by atoms with Crippen LogP contribution in [0, 0.1) is 0 Å². The molecular formula is C20H19ClN4O4. The highest BCUT2D eigenvalue weighted by Crippen LogP contribution is 2.17. The minimum absolute atomic E-state index is 0.111. The van der Waals surface area contributed by atoms with Crippen LogP contribution < -0.4 is 15.8 Å². The number of halogens is 1. The van der Waals surface area contributed by atoms with Gasteiger partial charge in [0.15, 0.2) is 5.82 Å². The van der Waals surface area contributed by atoms with Crippen LogP contribution in [0.1, 0.15) is 26.3 Å². The van der Waals surface area contributed by atoms with Crippen molar-refractivity contribution < 1.29 is 19.4 Å². The van der Waals surface area contributed by atoms with Crippen LogP contribution in [0.3, 0.4) is 0 Å². The summed E-state index contributed by atoms with van der Waals surface area (Å²) in [6.07, 6.45) is 1.55. The molecule has 0 spiro atoms. The standard InChI is InChI=1S/C20H19ClN4O4/c21-15-2-1-3-16(10-15)29-9-8-23-19(26)17-12-25(24-18(17)22)11-13-4-6-14(7-5-13)20(27)28/h1-7,10,12H,8-9,11H2,(H2,22,24)(H,23,26)(H,27,28). The van der Waals surface area contributed by atoms with Crippen molar-refractivity contribution in [2.24, 2.45) is 0 Å². The largest absolute Gasteiger partial charge is 0.492 e. The summed E-state index contributed by atoms with van der Waals surface area (Å²) in [5.41, 5.74) is 7.15. The lowest BCUT2D eigenvalue weighted by atomic mass is 10.1. The Balaban J connectivity index is 1.53. The topological polar surface area (TPSA) is 119 Å². The molecule has 0 saturated heterocycles. The summed E-state index contributed by atoms with van der Waals surface area (Å²) in [5.74, 6) is -0.615. The van der Waals surface area contributed by atoms with Crippen molar-refractivity contribution in [2.45, 2.75) is 6.54 Å². The van der Waals surface area contributed by atoms with Crippen molar-refractivity contribution in [3.8, 4) is 5.75 Å². The van der Waals surface area contributed by atoms with Crippen molar-refractivity contribution in [3.63, 3.8) is 0 Å². The van der Waals surface area contributed by atoms with E-state index in [4.69, 9.17) is 27.2 Å². The van der Waals surface area contributed by atoms with Gasteiger partial charge in [-0.05, 0) is 35.9 Å². The molecule has 1 heterocycles. The Morgan fingerprint density at radius 3 is 2.66 bits per heavy atom. The van der Waals surface area contributed by atoms with Crippen LogP contribution in [-0.4, -0.2) is 39.9 Å². The molecule has 8 nitrogen and oxygen atoms in total. The lowest BCUT2D eigenvalue weighted by Gasteiger charge is -2.07. The number of hydrogen-bond acceptors (Lipinski definition) is 5. The zero-order valence-electron chi connectivity index (χ0n) is 15.3. The number of hydrogen-bond donors (Lipinski definition) is 3. The molecule has 9 heteroatoms. The molecule has 150 valence electrons. The summed E-state index contributed by atoms with van der Waals surface area (Å²) >= 11 is 5.89. The van der Waals surface area contributed by atoms with E-state index in [1.165, 1.54) is 16.8 Å². The molecule has 0 aliphatic rings. The molecule has 0 aliphatic carbocycles. The predicted molar refractivity (Wildman–Crippen MR) is 108 cm³/mol. The van der Waals surface area contributed by atoms with Gasteiger partial charge in [-0.2, -0.15) is 5.10 Å². The zero-order valence-corrected chi connectivity index (χ0v) is 16.1. The Bertz CT molecular complexity index is 1020. The average Bonchev–Trinajstić information content (AvgIpc) is 3.06. The number of nitrogen functional groups attached to an aromatic ring is 1. The van der Waals surface area contributed by atoms with E-state index in [-0.39, 0.29) is 36.0 Å². The van der Waals surface area contributed by atoms with Crippen LogP contribution in [0.5, 0.6) is 5.75 Å². The van der Waals surface area contributed by atoms with Crippen LogP contribution >= 0.6 is 11.6 Å². The number of aromatic carboxylic acids is 1. The van der Waals surface area contributed by atoms with Crippen LogP contribution in [0.4, 0.5) is 5.82 Å². The fourth-order valence-electron chi connectivity index (χ4n) is 2.62. The Morgan fingerprint density at radius 2 is 1.97 bits per heavy atom. The Morgan fingerprint density at radius 1 is 1.21 bits per heavy atom. The maximum atomic E-state index is 12.3. The van der Waals surface area contributed by atoms with Gasteiger partial charge in [0, 0.05) is 11.2 Å². The first-order valence-corrected chi connectivity index (χ1v) is 9.12. The van der Waals surface area contributed by atoms with E-state index in [9.17, 15) is 9.59 Å². The van der Waals surface area contributed by atoms with Crippen LogP contribution in [0.25, 0.3) is 0 Å². The van der Waals surface area contributed by atoms with E-state index in [0.29, 0.717) is 17.3 Å². The molecule has 3 aromatic rings. The summed E-state index contributed by atoms with van der Waals surface area (Å²) in [6.45, 7) is 0.915. The maximum Gasteiger partial charge on any atom is 0.335 e. The van der Waals surface area contributed by atoms with E-state index in [1.807, 2.05) is 0 Å². The molecule has 0 atom stereocenters. The number of nitrogens with one attached hydrogen (secondary N) is 1. The summed E-state index contributed by atoms with van der Waals surface area (Å²) in [5, 5.41) is 16.4. The van der Waals surface area contributed by atoms with E-state index >= 15 is 0 Å². The van der Waals surface area contributed by atoms with Gasteiger partial charge in [-0.25, -0.2) is 4.79 Å². The molecule has 2 aromatic carbocycles. The maximum absolute atomic E-state index is 12.3. The van der Waals surface area contributed by atoms with Gasteiger partial charge in [-0.3, -0.25) is 9.48 Å². The summed E-state index contributed by atoms with van der Waals surface area (Å²) in [6, 6.07) is 13.4. The van der Waals surface area contributed by atoms with Crippen molar-refractivity contribution in [2.75, 3.05) is 18.9 Å². The molecule has 0 unspecified atom stereocenters. The number of carboxylic acid groups (broad SMARTS) is 1. The number of benzene rings is 2. The first-order chi connectivity index (χ1) is 13.9. The summed E-state index contributed by atoms with van der Waals surface area (Å²) in [4.78, 5) is 23.2. The minimum Gasteiger partial charge on any atom is -0.492 e. The molecule has 0 saturated carbocycles. The molecule has 4 N–H and O–H groups in total. The predicted octanol–water partition coefficient (Wildman–Crippen LogP) is 2.67. The fraction of sp³-hybridized carbons (Fsp3) is 0.150. The highest BCUT2D eigenvalue weighted by atomic mass is 35.5. The number of amides is 1. The van der Waals surface area contributed by atoms with Gasteiger partial charge < -0.3 is 20.9 Å². The third-order valence-corrected chi connectivity index (χ3v) is 4.27. The lowest BCUT2D eigenvalue weighted by Crippen LogP contribution is -2.28. The third kappa shape index (κ3) is 5.49. The second-order valence-electron chi connectivity index (χ2n) is 6.19. The Hall–Kier alpha value is -3.52. The molecular weight excluding hydrogens is 396 g/mol. The summed E-state index contributed by atoms with van der Waals surface area (Å²) < 4.78 is 7.05. The lowest BCUT2D eigenvalue weighted by molar-refractivity contribution is 0.0696. The van der Waals surface area contributed by atoms with Crippen molar-refractivity contribution in [1.82, 2.24) is 15.1 Å². The Kier molecular flexibility index (Phi) is 6.36. The van der Waals surface area contributed by atoms with Crippen LogP contribution in [0.15, 0.2) is 54.7 Å². The first kappa shape index (κ1) is 20.2. The van der Waals surface area contributed by atoms with Gasteiger partial charge in [0.05, 0.1) is 18.7 Å². The second-order valence-corrected chi connectivity index (χ2v) is 6.63. The SMILES string of the molecule is Nc1nn(Cc2ccc(C(=O)O)cc2)cc1C(=O)NCCOc1cccc(Cl)c1. The molecule has 1 amide bonds. The van der Waals surface area contributed by atoms with Gasteiger partial charge in [0.1, 0.15) is 17.9 Å². The van der Waals surface area contributed by atoms with Crippen molar-refractivity contribution >= 4 is 29.3 Å². The van der Waals surface area contributed by atoms with Crippen molar-refractivity contribution in [1.29, 1.82) is 0 Å². The number of carboxylic acids is 1. The fourth-order valence-corrected chi connectivity index (χ4v) is 2.80. The number of aromatic nitrogens is 2. The highest BCUT2D eigenvalue weighted by molar-refractivity contribution is 6.30. The molecule has 3 rings (SSSR count). The van der Waals surface area contributed by atoms with E-state index in [2.05, 4.69) is 10.4 Å². The number of nitrogens with two attached hydrogens (primary N) is 1. The summed E-state index contributed by atoms with van der Waals surface area (Å²) in [7, 11) is 0. The molecule has 0 bridgehead atoms.